The molecule has 0 saturated carbocycles. The van der Waals surface area contributed by atoms with Gasteiger partial charge >= 0.3 is 0 Å². The van der Waals surface area contributed by atoms with E-state index in [-0.39, 0.29) is 18.5 Å². The molecule has 1 aromatic rings. The molecule has 0 N–H and O–H groups in total. The lowest BCUT2D eigenvalue weighted by atomic mass is 10.2. The Kier molecular flexibility index (Phi) is 3.95. The molecule has 3 nitrogen and oxygen atoms in total. The number of hydrogen-bond donors (Lipinski definition) is 0. The van der Waals surface area contributed by atoms with E-state index < -0.39 is 0 Å². The van der Waals surface area contributed by atoms with E-state index in [0.717, 1.165) is 7.57 Å². The monoisotopic (exact) mass is 354 g/mol. The molecule has 2 rings (SSSR count). The Bertz CT molecular complexity index is 373. The summed E-state index contributed by atoms with van der Waals surface area (Å²) >= 11 is 8.16. The minimum absolute atomic E-state index is 0.00396. The van der Waals surface area contributed by atoms with E-state index >= 15 is 0 Å². The van der Waals surface area contributed by atoms with Crippen LogP contribution in [0, 0.1) is 0 Å². The van der Waals surface area contributed by atoms with Gasteiger partial charge in [-0.3, -0.25) is 4.79 Å². The lowest BCUT2D eigenvalue weighted by Crippen LogP contribution is -2.37. The number of ether oxygens (including phenoxy) is 2. The molecule has 82 valence electrons. The van der Waals surface area contributed by atoms with Crippen LogP contribution < -0.4 is 0 Å². The fourth-order valence-corrected chi connectivity index (χ4v) is 3.97. The quantitative estimate of drug-likeness (QED) is 0.779. The fourth-order valence-electron chi connectivity index (χ4n) is 1.11. The molecule has 0 bridgehead atoms. The predicted octanol–water partition coefficient (Wildman–Crippen LogP) is 2.87. The van der Waals surface area contributed by atoms with Crippen LogP contribution in [0.4, 0.5) is 0 Å². The number of carbonyl (C=O) groups is 1. The van der Waals surface area contributed by atoms with Crippen molar-refractivity contribution in [2.24, 2.45) is 0 Å². The highest BCUT2D eigenvalue weighted by Crippen LogP contribution is 2.32. The summed E-state index contributed by atoms with van der Waals surface area (Å²) in [5.74, 6) is -0.00396. The summed E-state index contributed by atoms with van der Waals surface area (Å²) < 4.78 is 12.1. The van der Waals surface area contributed by atoms with Crippen molar-refractivity contribution in [2.45, 2.75) is 6.10 Å². The van der Waals surface area contributed by atoms with E-state index in [1.807, 2.05) is 0 Å². The largest absolute Gasteiger partial charge is 0.376 e. The van der Waals surface area contributed by atoms with Gasteiger partial charge in [0.2, 0.25) is 0 Å². The maximum Gasteiger partial charge on any atom is 0.190 e. The minimum Gasteiger partial charge on any atom is -0.376 e. The summed E-state index contributed by atoms with van der Waals surface area (Å²) in [5, 5.41) is 0. The highest BCUT2D eigenvalue weighted by Gasteiger charge is 2.21. The zero-order chi connectivity index (χ0) is 10.8. The minimum atomic E-state index is -0.00396. The first kappa shape index (κ1) is 11.7. The van der Waals surface area contributed by atoms with Crippen LogP contribution in [0.15, 0.2) is 13.6 Å². The van der Waals surface area contributed by atoms with Gasteiger partial charge < -0.3 is 9.47 Å². The van der Waals surface area contributed by atoms with Gasteiger partial charge in [0.05, 0.1) is 20.8 Å². The van der Waals surface area contributed by atoms with E-state index in [4.69, 9.17) is 9.47 Å². The third kappa shape index (κ3) is 2.88. The summed E-state index contributed by atoms with van der Waals surface area (Å²) in [6.07, 6.45) is 0.0924. The number of Topliss-reactive ketones (excluding diaryl/α,β-unsaturated/α-hetero) is 1. The van der Waals surface area contributed by atoms with E-state index in [9.17, 15) is 4.79 Å². The van der Waals surface area contributed by atoms with E-state index in [1.54, 1.807) is 6.07 Å². The first-order valence-electron chi connectivity index (χ1n) is 4.34. The fraction of sp³-hybridized carbons (Fsp3) is 0.444. The molecule has 2 heterocycles. The molecule has 0 radical (unpaired) electrons. The number of carbonyl (C=O) groups excluding carboxylic acids is 1. The van der Waals surface area contributed by atoms with Gasteiger partial charge in [-0.15, -0.1) is 11.3 Å². The van der Waals surface area contributed by atoms with Crippen molar-refractivity contribution < 1.29 is 14.3 Å². The van der Waals surface area contributed by atoms with Crippen LogP contribution >= 0.6 is 43.2 Å². The molecule has 1 aliphatic heterocycles. The third-order valence-corrected chi connectivity index (χ3v) is 4.35. The maximum atomic E-state index is 11.7. The number of thiophene rings is 1. The van der Waals surface area contributed by atoms with E-state index in [1.165, 1.54) is 11.3 Å². The van der Waals surface area contributed by atoms with Crippen LogP contribution in [0.2, 0.25) is 0 Å². The molecule has 0 amide bonds. The standard InChI is InChI=1S/C9H8Br2O3S/c10-8-1-6(9(11)15-8)7(12)4-14-5-2-13-3-5/h1,5H,2-4H2. The van der Waals surface area contributed by atoms with Gasteiger partial charge in [0.25, 0.3) is 0 Å². The molecular formula is C9H8Br2O3S. The summed E-state index contributed by atoms with van der Waals surface area (Å²) in [4.78, 5) is 11.7. The Labute approximate surface area is 108 Å². The maximum absolute atomic E-state index is 11.7. The molecule has 1 fully saturated rings. The predicted molar refractivity (Wildman–Crippen MR) is 64.6 cm³/mol. The molecule has 15 heavy (non-hydrogen) atoms. The van der Waals surface area contributed by atoms with Gasteiger partial charge in [-0.05, 0) is 37.9 Å². The summed E-state index contributed by atoms with van der Waals surface area (Å²) in [6.45, 7) is 1.32. The van der Waals surface area contributed by atoms with Crippen LogP contribution in [0.25, 0.3) is 0 Å². The van der Waals surface area contributed by atoms with Crippen molar-refractivity contribution in [3.63, 3.8) is 0 Å². The zero-order valence-corrected chi connectivity index (χ0v) is 11.7. The van der Waals surface area contributed by atoms with Crippen LogP contribution in [0.5, 0.6) is 0 Å². The van der Waals surface area contributed by atoms with Gasteiger partial charge in [-0.2, -0.15) is 0 Å². The highest BCUT2D eigenvalue weighted by molar-refractivity contribution is 9.12. The van der Waals surface area contributed by atoms with Crippen LogP contribution in [-0.2, 0) is 9.47 Å². The third-order valence-electron chi connectivity index (χ3n) is 2.01. The van der Waals surface area contributed by atoms with Crippen LogP contribution in [0.1, 0.15) is 10.4 Å². The van der Waals surface area contributed by atoms with Gasteiger partial charge in [-0.1, -0.05) is 0 Å². The Morgan fingerprint density at radius 1 is 1.60 bits per heavy atom. The molecule has 1 aromatic heterocycles. The summed E-state index contributed by atoms with van der Waals surface area (Å²) in [6, 6.07) is 1.80. The Hall–Kier alpha value is 0.250. The second-order valence-corrected chi connectivity index (χ2v) is 6.88. The van der Waals surface area contributed by atoms with Crippen molar-refractivity contribution in [2.75, 3.05) is 19.8 Å². The lowest BCUT2D eigenvalue weighted by Gasteiger charge is -2.25. The highest BCUT2D eigenvalue weighted by atomic mass is 79.9. The Morgan fingerprint density at radius 3 is 2.80 bits per heavy atom. The van der Waals surface area contributed by atoms with Crippen LogP contribution in [0.3, 0.4) is 0 Å². The van der Waals surface area contributed by atoms with Crippen molar-refractivity contribution >= 4 is 49.0 Å². The van der Waals surface area contributed by atoms with E-state index in [0.29, 0.717) is 18.8 Å². The lowest BCUT2D eigenvalue weighted by molar-refractivity contribution is -0.123. The molecule has 0 aromatic carbocycles. The molecule has 0 unspecified atom stereocenters. The molecule has 6 heteroatoms. The molecule has 0 atom stereocenters. The average Bonchev–Trinajstić information content (AvgIpc) is 2.42. The second-order valence-electron chi connectivity index (χ2n) is 3.13. The number of halogens is 2. The second kappa shape index (κ2) is 5.05. The first-order valence-corrected chi connectivity index (χ1v) is 6.74. The molecule has 1 saturated heterocycles. The van der Waals surface area contributed by atoms with Gasteiger partial charge in [0, 0.05) is 5.56 Å². The molecule has 0 aliphatic carbocycles. The smallest absolute Gasteiger partial charge is 0.190 e. The molecule has 1 aliphatic rings. The van der Waals surface area contributed by atoms with Crippen LogP contribution in [-0.4, -0.2) is 31.7 Å². The Balaban J connectivity index is 1.92. The summed E-state index contributed by atoms with van der Waals surface area (Å²) in [7, 11) is 0. The number of hydrogen-bond acceptors (Lipinski definition) is 4. The Morgan fingerprint density at radius 2 is 2.33 bits per heavy atom. The SMILES string of the molecule is O=C(COC1COC1)c1cc(Br)sc1Br. The molecule has 0 spiro atoms. The van der Waals surface area contributed by atoms with Crippen molar-refractivity contribution in [3.8, 4) is 0 Å². The normalized spacial score (nSPS) is 16.4. The zero-order valence-electron chi connectivity index (χ0n) is 7.66. The van der Waals surface area contributed by atoms with Crippen molar-refractivity contribution in [3.05, 3.63) is 19.2 Å². The summed E-state index contributed by atoms with van der Waals surface area (Å²) in [5.41, 5.74) is 0.673. The molecular weight excluding hydrogens is 348 g/mol. The van der Waals surface area contributed by atoms with Crippen molar-refractivity contribution in [1.29, 1.82) is 0 Å². The number of ketones is 1. The van der Waals surface area contributed by atoms with Gasteiger partial charge in [0.15, 0.2) is 5.78 Å². The number of rotatable bonds is 4. The first-order chi connectivity index (χ1) is 7.16. The van der Waals surface area contributed by atoms with E-state index in [2.05, 4.69) is 31.9 Å². The van der Waals surface area contributed by atoms with Crippen molar-refractivity contribution in [1.82, 2.24) is 0 Å². The average molecular weight is 356 g/mol. The van der Waals surface area contributed by atoms with Gasteiger partial charge in [0.1, 0.15) is 12.7 Å². The topological polar surface area (TPSA) is 35.5 Å². The van der Waals surface area contributed by atoms with Gasteiger partial charge in [-0.25, -0.2) is 0 Å².